The Balaban J connectivity index is 2.30. The number of anilines is 2. The summed E-state index contributed by atoms with van der Waals surface area (Å²) < 4.78 is 14.6. The molecule has 158 valence electrons. The minimum absolute atomic E-state index is 0.0346. The molecule has 0 aliphatic heterocycles. The first-order chi connectivity index (χ1) is 13.2. The van der Waals surface area contributed by atoms with E-state index < -0.39 is 11.0 Å². The molecule has 0 aromatic carbocycles. The van der Waals surface area contributed by atoms with Crippen LogP contribution in [0.2, 0.25) is 0 Å². The van der Waals surface area contributed by atoms with Crippen molar-refractivity contribution in [2.45, 2.75) is 58.8 Å². The molecule has 1 aliphatic rings. The Hall–Kier alpha value is -1.67. The molecule has 1 saturated carbocycles. The van der Waals surface area contributed by atoms with Gasteiger partial charge in [0.25, 0.3) is 5.91 Å². The normalized spacial score (nSPS) is 20.5. The first-order valence-corrected chi connectivity index (χ1v) is 11.4. The van der Waals surface area contributed by atoms with E-state index in [0.29, 0.717) is 36.2 Å². The Morgan fingerprint density at radius 3 is 2.61 bits per heavy atom. The number of nitrogens with one attached hydrogen (secondary N) is 2. The van der Waals surface area contributed by atoms with Crippen molar-refractivity contribution >= 4 is 28.5 Å². The molecule has 1 fully saturated rings. The molecule has 4 unspecified atom stereocenters. The molecule has 1 aromatic heterocycles. The fraction of sp³-hybridized carbons (Fsp3) is 0.700. The van der Waals surface area contributed by atoms with Crippen LogP contribution in [0, 0.1) is 11.8 Å². The quantitative estimate of drug-likeness (QED) is 0.521. The Bertz CT molecular complexity index is 695. The summed E-state index contributed by atoms with van der Waals surface area (Å²) >= 11 is 0. The second kappa shape index (κ2) is 10.2. The van der Waals surface area contributed by atoms with Crippen molar-refractivity contribution in [3.8, 4) is 0 Å². The molecular weight excluding hydrogens is 374 g/mol. The van der Waals surface area contributed by atoms with E-state index in [-0.39, 0.29) is 17.2 Å². The molecule has 8 heteroatoms. The molecule has 1 heterocycles. The molecule has 0 radical (unpaired) electrons. The van der Waals surface area contributed by atoms with Crippen molar-refractivity contribution in [1.82, 2.24) is 10.3 Å². The predicted molar refractivity (Wildman–Crippen MR) is 117 cm³/mol. The van der Waals surface area contributed by atoms with E-state index >= 15 is 0 Å². The third-order valence-corrected chi connectivity index (χ3v) is 6.39. The van der Waals surface area contributed by atoms with Gasteiger partial charge in [-0.15, -0.1) is 0 Å². The van der Waals surface area contributed by atoms with Gasteiger partial charge in [0.1, 0.15) is 22.6 Å². The van der Waals surface area contributed by atoms with Crippen molar-refractivity contribution in [1.29, 1.82) is 0 Å². The van der Waals surface area contributed by atoms with Gasteiger partial charge in [0.05, 0.1) is 0 Å². The van der Waals surface area contributed by atoms with E-state index in [0.717, 1.165) is 18.9 Å². The molecule has 4 atom stereocenters. The Morgan fingerprint density at radius 1 is 1.39 bits per heavy atom. The Morgan fingerprint density at radius 2 is 2.07 bits per heavy atom. The minimum Gasteiger partial charge on any atom is -0.370 e. The number of hydrogen-bond donors (Lipinski definition) is 3. The molecule has 1 amide bonds. The summed E-state index contributed by atoms with van der Waals surface area (Å²) in [5, 5.41) is 6.17. The minimum atomic E-state index is -1.22. The average Bonchev–Trinajstić information content (AvgIpc) is 3.36. The maximum atomic E-state index is 12.8. The highest BCUT2D eigenvalue weighted by Crippen LogP contribution is 2.37. The maximum Gasteiger partial charge on any atom is 0.251 e. The lowest BCUT2D eigenvalue weighted by molar-refractivity contribution is 0.0951. The third kappa shape index (κ3) is 6.44. The molecule has 2 rings (SSSR count). The van der Waals surface area contributed by atoms with Gasteiger partial charge in [-0.3, -0.25) is 9.10 Å². The van der Waals surface area contributed by atoms with E-state index in [1.165, 1.54) is 6.42 Å². The fourth-order valence-corrected chi connectivity index (χ4v) is 4.04. The van der Waals surface area contributed by atoms with E-state index in [9.17, 15) is 9.00 Å². The number of nitrogens with two attached hydrogens (primary N) is 1. The molecule has 1 aliphatic carbocycles. The zero-order chi connectivity index (χ0) is 20.8. The molecule has 0 saturated heterocycles. The van der Waals surface area contributed by atoms with Crippen LogP contribution in [0.3, 0.4) is 0 Å². The highest BCUT2D eigenvalue weighted by atomic mass is 32.2. The van der Waals surface area contributed by atoms with Gasteiger partial charge in [0.2, 0.25) is 0 Å². The van der Waals surface area contributed by atoms with E-state index in [1.54, 1.807) is 16.4 Å². The van der Waals surface area contributed by atoms with Gasteiger partial charge in [-0.05, 0) is 57.6 Å². The Labute approximate surface area is 171 Å². The SMILES string of the molecule is CCCN(c1cc(C(=O)NCC(C)N)cc(NCC2CC2C)n1)S(=O)C(C)C. The lowest BCUT2D eigenvalue weighted by Gasteiger charge is -2.25. The summed E-state index contributed by atoms with van der Waals surface area (Å²) in [4.78, 5) is 17.3. The number of pyridine rings is 1. The topological polar surface area (TPSA) is 100 Å². The van der Waals surface area contributed by atoms with Crippen LogP contribution in [-0.4, -0.2) is 46.0 Å². The summed E-state index contributed by atoms with van der Waals surface area (Å²) in [6, 6.07) is 3.36. The first-order valence-electron chi connectivity index (χ1n) is 10.2. The summed E-state index contributed by atoms with van der Waals surface area (Å²) in [5.74, 6) is 2.39. The highest BCUT2D eigenvalue weighted by Gasteiger charge is 2.32. The number of carbonyl (C=O) groups excluding carboxylic acids is 1. The van der Waals surface area contributed by atoms with Crippen LogP contribution in [0.1, 0.15) is 57.8 Å². The number of amides is 1. The van der Waals surface area contributed by atoms with Crippen molar-refractivity contribution in [3.63, 3.8) is 0 Å². The lowest BCUT2D eigenvalue weighted by atomic mass is 10.2. The average molecular weight is 410 g/mol. The standard InChI is InChI=1S/C20H35N5O2S/c1-6-7-25(28(27)13(2)3)19-10-16(20(26)23-11-15(5)21)9-18(24-19)22-12-17-8-14(17)4/h9-10,13-15,17H,6-8,11-12,21H2,1-5H3,(H,22,24)(H,23,26). The van der Waals surface area contributed by atoms with Gasteiger partial charge in [0, 0.05) is 36.5 Å². The van der Waals surface area contributed by atoms with Crippen molar-refractivity contribution < 1.29 is 9.00 Å². The largest absolute Gasteiger partial charge is 0.370 e. The monoisotopic (exact) mass is 409 g/mol. The smallest absolute Gasteiger partial charge is 0.251 e. The maximum absolute atomic E-state index is 12.8. The van der Waals surface area contributed by atoms with Crippen LogP contribution in [0.25, 0.3) is 0 Å². The van der Waals surface area contributed by atoms with Crippen LogP contribution in [0.4, 0.5) is 11.6 Å². The van der Waals surface area contributed by atoms with Gasteiger partial charge in [-0.2, -0.15) is 0 Å². The molecule has 7 nitrogen and oxygen atoms in total. The molecule has 4 N–H and O–H groups in total. The van der Waals surface area contributed by atoms with Crippen molar-refractivity contribution in [2.75, 3.05) is 29.3 Å². The number of rotatable bonds is 11. The molecule has 28 heavy (non-hydrogen) atoms. The molecular formula is C20H35N5O2S. The van der Waals surface area contributed by atoms with Gasteiger partial charge in [-0.25, -0.2) is 9.19 Å². The van der Waals surface area contributed by atoms with Crippen LogP contribution < -0.4 is 20.7 Å². The molecule has 1 aromatic rings. The summed E-state index contributed by atoms with van der Waals surface area (Å²) in [7, 11) is -1.22. The van der Waals surface area contributed by atoms with Crippen LogP contribution in [0.15, 0.2) is 12.1 Å². The number of nitrogens with zero attached hydrogens (tertiary/aromatic N) is 2. The van der Waals surface area contributed by atoms with Crippen LogP contribution in [0.5, 0.6) is 0 Å². The molecule has 0 spiro atoms. The predicted octanol–water partition coefficient (Wildman–Crippen LogP) is 2.52. The van der Waals surface area contributed by atoms with Crippen molar-refractivity contribution in [2.24, 2.45) is 17.6 Å². The Kier molecular flexibility index (Phi) is 8.24. The second-order valence-electron chi connectivity index (χ2n) is 8.07. The van der Waals surface area contributed by atoms with E-state index in [2.05, 4.69) is 22.5 Å². The van der Waals surface area contributed by atoms with Crippen LogP contribution in [-0.2, 0) is 11.0 Å². The second-order valence-corrected chi connectivity index (χ2v) is 10.0. The summed E-state index contributed by atoms with van der Waals surface area (Å²) in [6.45, 7) is 11.8. The number of aromatic nitrogens is 1. The van der Waals surface area contributed by atoms with Gasteiger partial charge >= 0.3 is 0 Å². The number of carbonyl (C=O) groups is 1. The highest BCUT2D eigenvalue weighted by molar-refractivity contribution is 7.87. The lowest BCUT2D eigenvalue weighted by Crippen LogP contribution is -2.36. The van der Waals surface area contributed by atoms with E-state index in [4.69, 9.17) is 5.73 Å². The summed E-state index contributed by atoms with van der Waals surface area (Å²) in [6.07, 6.45) is 2.05. The van der Waals surface area contributed by atoms with Gasteiger partial charge in [-0.1, -0.05) is 13.8 Å². The molecule has 0 bridgehead atoms. The summed E-state index contributed by atoms with van der Waals surface area (Å²) in [5.41, 5.74) is 6.25. The van der Waals surface area contributed by atoms with Gasteiger partial charge < -0.3 is 16.4 Å². The zero-order valence-corrected chi connectivity index (χ0v) is 18.5. The van der Waals surface area contributed by atoms with Crippen LogP contribution >= 0.6 is 0 Å². The van der Waals surface area contributed by atoms with Crippen molar-refractivity contribution in [3.05, 3.63) is 17.7 Å². The van der Waals surface area contributed by atoms with Gasteiger partial charge in [0.15, 0.2) is 0 Å². The fourth-order valence-electron chi connectivity index (χ4n) is 2.89. The first kappa shape index (κ1) is 22.6. The zero-order valence-electron chi connectivity index (χ0n) is 17.7. The third-order valence-electron chi connectivity index (χ3n) is 4.78. The number of hydrogen-bond acceptors (Lipinski definition) is 5. The van der Waals surface area contributed by atoms with E-state index in [1.807, 2.05) is 27.7 Å².